The SMILES string of the molecule is CCCc1ccccc1NC(=O)c1ccc(Br)o1. The van der Waals surface area contributed by atoms with E-state index in [2.05, 4.69) is 28.2 Å². The maximum absolute atomic E-state index is 12.0. The van der Waals surface area contributed by atoms with E-state index in [0.29, 0.717) is 10.4 Å². The Labute approximate surface area is 114 Å². The van der Waals surface area contributed by atoms with Crippen LogP contribution in [0.3, 0.4) is 0 Å². The number of benzene rings is 1. The zero-order valence-corrected chi connectivity index (χ0v) is 11.7. The Morgan fingerprint density at radius 1 is 1.28 bits per heavy atom. The highest BCUT2D eigenvalue weighted by Crippen LogP contribution is 2.19. The predicted octanol–water partition coefficient (Wildman–Crippen LogP) is 4.25. The Balaban J connectivity index is 2.16. The fraction of sp³-hybridized carbons (Fsp3) is 0.214. The van der Waals surface area contributed by atoms with E-state index in [0.717, 1.165) is 24.1 Å². The van der Waals surface area contributed by atoms with Gasteiger partial charge in [-0.15, -0.1) is 0 Å². The second kappa shape index (κ2) is 5.87. The third kappa shape index (κ3) is 3.01. The molecule has 0 unspecified atom stereocenters. The Morgan fingerprint density at radius 2 is 2.06 bits per heavy atom. The minimum Gasteiger partial charge on any atom is -0.444 e. The second-order valence-electron chi connectivity index (χ2n) is 3.97. The molecule has 3 nitrogen and oxygen atoms in total. The van der Waals surface area contributed by atoms with Crippen LogP contribution in [-0.4, -0.2) is 5.91 Å². The summed E-state index contributed by atoms with van der Waals surface area (Å²) < 4.78 is 5.77. The summed E-state index contributed by atoms with van der Waals surface area (Å²) in [6.07, 6.45) is 1.98. The molecular formula is C14H14BrNO2. The lowest BCUT2D eigenvalue weighted by molar-refractivity contribution is 0.0995. The van der Waals surface area contributed by atoms with Crippen molar-refractivity contribution in [2.24, 2.45) is 0 Å². The molecule has 0 aliphatic heterocycles. The maximum atomic E-state index is 12.0. The summed E-state index contributed by atoms with van der Waals surface area (Å²) in [5, 5.41) is 2.87. The minimum absolute atomic E-state index is 0.232. The average Bonchev–Trinajstić information content (AvgIpc) is 2.79. The largest absolute Gasteiger partial charge is 0.444 e. The smallest absolute Gasteiger partial charge is 0.291 e. The molecule has 4 heteroatoms. The van der Waals surface area contributed by atoms with E-state index < -0.39 is 0 Å². The van der Waals surface area contributed by atoms with Crippen LogP contribution in [0.5, 0.6) is 0 Å². The molecule has 1 amide bonds. The van der Waals surface area contributed by atoms with E-state index in [4.69, 9.17) is 4.42 Å². The van der Waals surface area contributed by atoms with Crippen molar-refractivity contribution in [3.8, 4) is 0 Å². The van der Waals surface area contributed by atoms with Crippen LogP contribution in [0.15, 0.2) is 45.5 Å². The van der Waals surface area contributed by atoms with Gasteiger partial charge in [-0.3, -0.25) is 4.79 Å². The topological polar surface area (TPSA) is 42.2 Å². The van der Waals surface area contributed by atoms with Crippen molar-refractivity contribution >= 4 is 27.5 Å². The first-order chi connectivity index (χ1) is 8.70. The molecule has 1 aromatic carbocycles. The monoisotopic (exact) mass is 307 g/mol. The van der Waals surface area contributed by atoms with Crippen LogP contribution in [0.4, 0.5) is 5.69 Å². The molecule has 0 atom stereocenters. The molecule has 2 aromatic rings. The number of furan rings is 1. The molecule has 2 rings (SSSR count). The van der Waals surface area contributed by atoms with Crippen LogP contribution in [0.1, 0.15) is 29.5 Å². The lowest BCUT2D eigenvalue weighted by atomic mass is 10.1. The molecular weight excluding hydrogens is 294 g/mol. The Bertz CT molecular complexity index is 548. The fourth-order valence-corrected chi connectivity index (χ4v) is 2.06. The molecule has 1 N–H and O–H groups in total. The number of hydrogen-bond donors (Lipinski definition) is 1. The molecule has 1 heterocycles. The first kappa shape index (κ1) is 12.9. The summed E-state index contributed by atoms with van der Waals surface area (Å²) in [6.45, 7) is 2.11. The van der Waals surface area contributed by atoms with Crippen molar-refractivity contribution in [3.63, 3.8) is 0 Å². The summed E-state index contributed by atoms with van der Waals surface area (Å²) in [5.41, 5.74) is 1.98. The van der Waals surface area contributed by atoms with Crippen LogP contribution in [0, 0.1) is 0 Å². The molecule has 0 saturated carbocycles. The van der Waals surface area contributed by atoms with Crippen molar-refractivity contribution in [1.29, 1.82) is 0 Å². The zero-order chi connectivity index (χ0) is 13.0. The van der Waals surface area contributed by atoms with Gasteiger partial charge in [-0.05, 0) is 46.1 Å². The average molecular weight is 308 g/mol. The van der Waals surface area contributed by atoms with Gasteiger partial charge in [0.15, 0.2) is 10.4 Å². The van der Waals surface area contributed by atoms with Crippen LogP contribution < -0.4 is 5.32 Å². The van der Waals surface area contributed by atoms with Gasteiger partial charge in [0.25, 0.3) is 5.91 Å². The summed E-state index contributed by atoms with van der Waals surface area (Å²) >= 11 is 3.18. The number of hydrogen-bond acceptors (Lipinski definition) is 2. The summed E-state index contributed by atoms with van der Waals surface area (Å²) in [4.78, 5) is 12.0. The summed E-state index contributed by atoms with van der Waals surface area (Å²) in [7, 11) is 0. The van der Waals surface area contributed by atoms with Gasteiger partial charge in [-0.2, -0.15) is 0 Å². The van der Waals surface area contributed by atoms with Gasteiger partial charge >= 0.3 is 0 Å². The lowest BCUT2D eigenvalue weighted by Gasteiger charge is -2.09. The molecule has 94 valence electrons. The third-order valence-electron chi connectivity index (χ3n) is 2.58. The third-order valence-corrected chi connectivity index (χ3v) is 3.01. The lowest BCUT2D eigenvalue weighted by Crippen LogP contribution is -2.12. The minimum atomic E-state index is -0.232. The van der Waals surface area contributed by atoms with Crippen LogP contribution >= 0.6 is 15.9 Å². The number of amides is 1. The highest BCUT2D eigenvalue weighted by atomic mass is 79.9. The highest BCUT2D eigenvalue weighted by Gasteiger charge is 2.12. The standard InChI is InChI=1S/C14H14BrNO2/c1-2-5-10-6-3-4-7-11(10)16-14(17)12-8-9-13(15)18-12/h3-4,6-9H,2,5H2,1H3,(H,16,17). The number of para-hydroxylation sites is 1. The van der Waals surface area contributed by atoms with Gasteiger partial charge in [0.05, 0.1) is 0 Å². The van der Waals surface area contributed by atoms with Crippen LogP contribution in [-0.2, 0) is 6.42 Å². The number of aryl methyl sites for hydroxylation is 1. The second-order valence-corrected chi connectivity index (χ2v) is 4.75. The van der Waals surface area contributed by atoms with Crippen molar-refractivity contribution in [2.45, 2.75) is 19.8 Å². The molecule has 1 aromatic heterocycles. The molecule has 0 radical (unpaired) electrons. The normalized spacial score (nSPS) is 10.3. The number of halogens is 1. The number of anilines is 1. The van der Waals surface area contributed by atoms with E-state index in [1.807, 2.05) is 24.3 Å². The number of rotatable bonds is 4. The van der Waals surface area contributed by atoms with Crippen molar-refractivity contribution in [3.05, 3.63) is 52.4 Å². The molecule has 0 saturated heterocycles. The molecule has 0 aliphatic rings. The summed E-state index contributed by atoms with van der Waals surface area (Å²) in [5.74, 6) is 0.0671. The predicted molar refractivity (Wildman–Crippen MR) is 74.8 cm³/mol. The van der Waals surface area contributed by atoms with Gasteiger partial charge in [0.2, 0.25) is 0 Å². The van der Waals surface area contributed by atoms with Gasteiger partial charge in [-0.1, -0.05) is 31.5 Å². The van der Waals surface area contributed by atoms with E-state index in [1.54, 1.807) is 12.1 Å². The number of carbonyl (C=O) groups is 1. The van der Waals surface area contributed by atoms with Gasteiger partial charge in [-0.25, -0.2) is 0 Å². The number of nitrogens with one attached hydrogen (secondary N) is 1. The van der Waals surface area contributed by atoms with Gasteiger partial charge in [0.1, 0.15) is 0 Å². The van der Waals surface area contributed by atoms with Gasteiger partial charge in [0, 0.05) is 5.69 Å². The Kier molecular flexibility index (Phi) is 4.20. The van der Waals surface area contributed by atoms with Gasteiger partial charge < -0.3 is 9.73 Å². The molecule has 0 spiro atoms. The van der Waals surface area contributed by atoms with E-state index in [1.165, 1.54) is 0 Å². The Hall–Kier alpha value is -1.55. The number of carbonyl (C=O) groups excluding carboxylic acids is 1. The van der Waals surface area contributed by atoms with Crippen molar-refractivity contribution < 1.29 is 9.21 Å². The quantitative estimate of drug-likeness (QED) is 0.917. The zero-order valence-electron chi connectivity index (χ0n) is 10.1. The van der Waals surface area contributed by atoms with Crippen molar-refractivity contribution in [2.75, 3.05) is 5.32 Å². The molecule has 0 aliphatic carbocycles. The van der Waals surface area contributed by atoms with Crippen molar-refractivity contribution in [1.82, 2.24) is 0 Å². The first-order valence-electron chi connectivity index (χ1n) is 5.85. The summed E-state index contributed by atoms with van der Waals surface area (Å²) in [6, 6.07) is 11.2. The van der Waals surface area contributed by atoms with E-state index in [-0.39, 0.29) is 5.91 Å². The highest BCUT2D eigenvalue weighted by molar-refractivity contribution is 9.10. The molecule has 0 bridgehead atoms. The van der Waals surface area contributed by atoms with E-state index >= 15 is 0 Å². The first-order valence-corrected chi connectivity index (χ1v) is 6.64. The molecule has 0 fully saturated rings. The Morgan fingerprint density at radius 3 is 2.72 bits per heavy atom. The van der Waals surface area contributed by atoms with Crippen LogP contribution in [0.25, 0.3) is 0 Å². The van der Waals surface area contributed by atoms with Crippen LogP contribution in [0.2, 0.25) is 0 Å². The van der Waals surface area contributed by atoms with E-state index in [9.17, 15) is 4.79 Å². The molecule has 18 heavy (non-hydrogen) atoms. The maximum Gasteiger partial charge on any atom is 0.291 e. The fourth-order valence-electron chi connectivity index (χ4n) is 1.75.